The van der Waals surface area contributed by atoms with Crippen molar-refractivity contribution in [1.82, 2.24) is 14.8 Å². The van der Waals surface area contributed by atoms with E-state index in [2.05, 4.69) is 20.4 Å². The maximum atomic E-state index is 10.8. The summed E-state index contributed by atoms with van der Waals surface area (Å²) in [4.78, 5) is 0. The number of rotatable bonds is 5. The van der Waals surface area contributed by atoms with Crippen molar-refractivity contribution in [1.29, 1.82) is 0 Å². The van der Waals surface area contributed by atoms with E-state index in [-0.39, 0.29) is 5.88 Å². The lowest BCUT2D eigenvalue weighted by atomic mass is 10.2. The number of azo groups is 1. The lowest BCUT2D eigenvalue weighted by molar-refractivity contribution is 0.413. The monoisotopic (exact) mass is 365 g/mol. The van der Waals surface area contributed by atoms with Gasteiger partial charge < -0.3 is 14.4 Å². The molecular weight excluding hydrogens is 350 g/mol. The van der Waals surface area contributed by atoms with Gasteiger partial charge in [0.1, 0.15) is 11.3 Å². The molecule has 2 aromatic carbocycles. The van der Waals surface area contributed by atoms with E-state index in [0.717, 1.165) is 22.2 Å². The first-order chi connectivity index (χ1) is 12.8. The van der Waals surface area contributed by atoms with E-state index < -0.39 is 0 Å². The van der Waals surface area contributed by atoms with Crippen molar-refractivity contribution in [2.45, 2.75) is 6.54 Å². The fourth-order valence-electron chi connectivity index (χ4n) is 2.79. The zero-order valence-corrected chi connectivity index (χ0v) is 14.7. The third-order valence-corrected chi connectivity index (χ3v) is 4.55. The van der Waals surface area contributed by atoms with Crippen molar-refractivity contribution < 1.29 is 9.84 Å². The number of hydrogen-bond donors (Lipinski definition) is 1. The van der Waals surface area contributed by atoms with Gasteiger partial charge in [-0.3, -0.25) is 0 Å². The third-order valence-electron chi connectivity index (χ3n) is 3.98. The molecule has 0 fully saturated rings. The fourth-order valence-corrected chi connectivity index (χ4v) is 3.16. The highest BCUT2D eigenvalue weighted by Crippen LogP contribution is 2.40. The van der Waals surface area contributed by atoms with Crippen LogP contribution in [0.5, 0.6) is 11.6 Å². The number of benzene rings is 2. The predicted molar refractivity (Wildman–Crippen MR) is 99.8 cm³/mol. The van der Waals surface area contributed by atoms with Gasteiger partial charge in [-0.25, -0.2) is 0 Å². The van der Waals surface area contributed by atoms with Crippen LogP contribution in [-0.2, 0) is 6.54 Å². The van der Waals surface area contributed by atoms with Crippen molar-refractivity contribution in [2.75, 3.05) is 7.11 Å². The molecule has 0 amide bonds. The maximum absolute atomic E-state index is 10.8. The van der Waals surface area contributed by atoms with Gasteiger partial charge >= 0.3 is 0 Å². The molecule has 2 aromatic heterocycles. The largest absolute Gasteiger partial charge is 0.497 e. The van der Waals surface area contributed by atoms with Crippen LogP contribution in [0.3, 0.4) is 0 Å². The van der Waals surface area contributed by atoms with E-state index in [1.165, 1.54) is 11.3 Å². The molecule has 0 saturated heterocycles. The highest BCUT2D eigenvalue weighted by atomic mass is 32.1. The standard InChI is InChI=1S/C18H15N5O2S/c1-25-13-6-4-5-12(9-13)10-23-15-8-3-2-7-14(15)16(17(23)24)20-22-18-21-19-11-26-18/h2-9,11,24H,10H2,1H3. The van der Waals surface area contributed by atoms with Gasteiger partial charge in [0.05, 0.1) is 19.2 Å². The summed E-state index contributed by atoms with van der Waals surface area (Å²) in [5, 5.41) is 27.9. The Kier molecular flexibility index (Phi) is 4.32. The van der Waals surface area contributed by atoms with Gasteiger partial charge in [-0.15, -0.1) is 20.4 Å². The lowest BCUT2D eigenvalue weighted by Crippen LogP contribution is -1.99. The summed E-state index contributed by atoms with van der Waals surface area (Å²) in [6.07, 6.45) is 0. The minimum Gasteiger partial charge on any atom is -0.497 e. The average Bonchev–Trinajstić information content (AvgIpc) is 3.28. The zero-order valence-electron chi connectivity index (χ0n) is 13.9. The van der Waals surface area contributed by atoms with Gasteiger partial charge in [-0.1, -0.05) is 41.7 Å². The smallest absolute Gasteiger partial charge is 0.251 e. The average molecular weight is 365 g/mol. The molecule has 130 valence electrons. The van der Waals surface area contributed by atoms with Crippen molar-refractivity contribution in [3.05, 3.63) is 59.6 Å². The predicted octanol–water partition coefficient (Wildman–Crippen LogP) is 4.67. The van der Waals surface area contributed by atoms with E-state index in [1.807, 2.05) is 48.5 Å². The molecule has 7 nitrogen and oxygen atoms in total. The van der Waals surface area contributed by atoms with E-state index in [4.69, 9.17) is 4.74 Å². The van der Waals surface area contributed by atoms with Crippen molar-refractivity contribution >= 4 is 33.1 Å². The quantitative estimate of drug-likeness (QED) is 0.521. The summed E-state index contributed by atoms with van der Waals surface area (Å²) in [5.41, 5.74) is 3.88. The Morgan fingerprint density at radius 2 is 2.04 bits per heavy atom. The minimum absolute atomic E-state index is 0.0577. The Morgan fingerprint density at radius 1 is 1.15 bits per heavy atom. The van der Waals surface area contributed by atoms with E-state index in [9.17, 15) is 5.11 Å². The van der Waals surface area contributed by atoms with Crippen LogP contribution < -0.4 is 4.74 Å². The number of ether oxygens (including phenoxy) is 1. The molecular formula is C18H15N5O2S. The molecule has 4 rings (SSSR count). The maximum Gasteiger partial charge on any atom is 0.251 e. The van der Waals surface area contributed by atoms with Gasteiger partial charge in [-0.2, -0.15) is 0 Å². The number of hydrogen-bond acceptors (Lipinski definition) is 7. The Balaban J connectivity index is 1.78. The van der Waals surface area contributed by atoms with Crippen molar-refractivity contribution in [3.63, 3.8) is 0 Å². The molecule has 4 aromatic rings. The highest BCUT2D eigenvalue weighted by Gasteiger charge is 2.17. The molecule has 0 unspecified atom stereocenters. The van der Waals surface area contributed by atoms with E-state index in [0.29, 0.717) is 17.4 Å². The molecule has 0 spiro atoms. The highest BCUT2D eigenvalue weighted by molar-refractivity contribution is 7.13. The fraction of sp³-hybridized carbons (Fsp3) is 0.111. The van der Waals surface area contributed by atoms with Crippen LogP contribution in [0.1, 0.15) is 5.56 Å². The normalized spacial score (nSPS) is 11.4. The summed E-state index contributed by atoms with van der Waals surface area (Å²) in [7, 11) is 1.63. The first kappa shape index (κ1) is 16.2. The summed E-state index contributed by atoms with van der Waals surface area (Å²) >= 11 is 1.28. The number of methoxy groups -OCH3 is 1. The van der Waals surface area contributed by atoms with Crippen LogP contribution in [0.25, 0.3) is 10.9 Å². The van der Waals surface area contributed by atoms with Gasteiger partial charge in [0, 0.05) is 5.39 Å². The summed E-state index contributed by atoms with van der Waals surface area (Å²) in [5.74, 6) is 0.830. The summed E-state index contributed by atoms with van der Waals surface area (Å²) in [6, 6.07) is 15.4. The van der Waals surface area contributed by atoms with Crippen LogP contribution >= 0.6 is 11.3 Å². The Bertz CT molecular complexity index is 1070. The van der Waals surface area contributed by atoms with Crippen LogP contribution in [0.4, 0.5) is 10.8 Å². The van der Waals surface area contributed by atoms with Crippen LogP contribution in [0.15, 0.2) is 64.3 Å². The summed E-state index contributed by atoms with van der Waals surface area (Å²) < 4.78 is 7.08. The molecule has 26 heavy (non-hydrogen) atoms. The molecule has 0 bridgehead atoms. The Hall–Kier alpha value is -3.26. The minimum atomic E-state index is 0.0577. The number of aromatic hydroxyl groups is 1. The molecule has 0 radical (unpaired) electrons. The zero-order chi connectivity index (χ0) is 17.9. The molecule has 1 N–H and O–H groups in total. The number of para-hydroxylation sites is 1. The first-order valence-electron chi connectivity index (χ1n) is 7.87. The molecule has 0 saturated carbocycles. The second kappa shape index (κ2) is 6.93. The second-order valence-electron chi connectivity index (χ2n) is 5.55. The van der Waals surface area contributed by atoms with Gasteiger partial charge in [-0.05, 0) is 23.8 Å². The lowest BCUT2D eigenvalue weighted by Gasteiger charge is -2.08. The number of nitrogens with zero attached hydrogens (tertiary/aromatic N) is 5. The SMILES string of the molecule is COc1cccc(Cn2c(O)c(N=Nc3nncs3)c3ccccc32)c1. The molecule has 8 heteroatoms. The van der Waals surface area contributed by atoms with Gasteiger partial charge in [0.25, 0.3) is 5.13 Å². The van der Waals surface area contributed by atoms with Crippen LogP contribution in [-0.4, -0.2) is 27.0 Å². The van der Waals surface area contributed by atoms with Crippen molar-refractivity contribution in [3.8, 4) is 11.6 Å². The molecule has 0 atom stereocenters. The Morgan fingerprint density at radius 3 is 2.85 bits per heavy atom. The van der Waals surface area contributed by atoms with Crippen molar-refractivity contribution in [2.24, 2.45) is 10.2 Å². The van der Waals surface area contributed by atoms with Crippen LogP contribution in [0, 0.1) is 0 Å². The molecule has 0 aliphatic carbocycles. The third kappa shape index (κ3) is 3.02. The van der Waals surface area contributed by atoms with E-state index in [1.54, 1.807) is 17.2 Å². The second-order valence-corrected chi connectivity index (χ2v) is 6.36. The van der Waals surface area contributed by atoms with Gasteiger partial charge in [0.15, 0.2) is 5.69 Å². The molecule has 0 aliphatic heterocycles. The topological polar surface area (TPSA) is 84.9 Å². The van der Waals surface area contributed by atoms with Crippen LogP contribution in [0.2, 0.25) is 0 Å². The first-order valence-corrected chi connectivity index (χ1v) is 8.75. The molecule has 0 aliphatic rings. The number of fused-ring (bicyclic) bond motifs is 1. The summed E-state index contributed by atoms with van der Waals surface area (Å²) in [6.45, 7) is 0.484. The Labute approximate surface area is 153 Å². The van der Waals surface area contributed by atoms with Gasteiger partial charge in [0.2, 0.25) is 5.88 Å². The molecule has 2 heterocycles. The van der Waals surface area contributed by atoms with E-state index >= 15 is 0 Å². The number of aromatic nitrogens is 3.